The summed E-state index contributed by atoms with van der Waals surface area (Å²) in [6, 6.07) is 62.4. The first-order chi connectivity index (χ1) is 25.8. The minimum Gasteiger partial charge on any atom is -0.291 e. The number of imidazole rings is 1. The van der Waals surface area contributed by atoms with E-state index in [1.54, 1.807) is 0 Å². The molecule has 0 atom stereocenters. The molecule has 0 aliphatic carbocycles. The number of rotatable bonds is 2. The van der Waals surface area contributed by atoms with Gasteiger partial charge in [0.2, 0.25) is 0 Å². The Morgan fingerprint density at radius 3 is 1.69 bits per heavy atom. The summed E-state index contributed by atoms with van der Waals surface area (Å²) in [7, 11) is 0. The molecule has 2 nitrogen and oxygen atoms in total. The number of fused-ring (bicyclic) bond motifs is 17. The highest BCUT2D eigenvalue weighted by Crippen LogP contribution is 2.44. The van der Waals surface area contributed by atoms with Crippen molar-refractivity contribution in [2.24, 2.45) is 0 Å². The molecule has 9 aromatic carbocycles. The molecule has 3 heteroatoms. The summed E-state index contributed by atoms with van der Waals surface area (Å²) in [5.41, 5.74) is 7.92. The molecule has 0 aliphatic rings. The zero-order valence-corrected chi connectivity index (χ0v) is 28.8. The van der Waals surface area contributed by atoms with Crippen molar-refractivity contribution < 1.29 is 0 Å². The zero-order valence-electron chi connectivity index (χ0n) is 28.0. The zero-order chi connectivity index (χ0) is 33.9. The fraction of sp³-hybridized carbons (Fsp3) is 0. The van der Waals surface area contributed by atoms with Gasteiger partial charge in [-0.2, -0.15) is 0 Å². The van der Waals surface area contributed by atoms with Crippen molar-refractivity contribution in [3.8, 4) is 22.4 Å². The summed E-state index contributed by atoms with van der Waals surface area (Å²) in [6.45, 7) is 0. The molecule has 3 heterocycles. The van der Waals surface area contributed by atoms with E-state index in [0.29, 0.717) is 0 Å². The van der Waals surface area contributed by atoms with Gasteiger partial charge in [-0.1, -0.05) is 146 Å². The minimum absolute atomic E-state index is 1.02. The van der Waals surface area contributed by atoms with Crippen LogP contribution in [0.2, 0.25) is 0 Å². The van der Waals surface area contributed by atoms with Crippen molar-refractivity contribution >= 4 is 102 Å². The number of nitrogens with zero attached hydrogens (tertiary/aromatic N) is 2. The lowest BCUT2D eigenvalue weighted by molar-refractivity contribution is 1.25. The fourth-order valence-electron chi connectivity index (χ4n) is 8.74. The van der Waals surface area contributed by atoms with Crippen molar-refractivity contribution in [1.82, 2.24) is 9.38 Å². The molecule has 12 aromatic rings. The molecule has 3 aromatic heterocycles. The average Bonchev–Trinajstić information content (AvgIpc) is 3.80. The van der Waals surface area contributed by atoms with Crippen LogP contribution in [0.4, 0.5) is 0 Å². The van der Waals surface area contributed by atoms with E-state index < -0.39 is 0 Å². The van der Waals surface area contributed by atoms with Crippen LogP contribution in [-0.2, 0) is 0 Å². The molecule has 0 spiro atoms. The van der Waals surface area contributed by atoms with Crippen LogP contribution in [0.1, 0.15) is 0 Å². The first-order valence-electron chi connectivity index (χ1n) is 17.8. The Morgan fingerprint density at radius 1 is 0.404 bits per heavy atom. The van der Waals surface area contributed by atoms with Crippen LogP contribution in [0.15, 0.2) is 170 Å². The van der Waals surface area contributed by atoms with E-state index in [-0.39, 0.29) is 0 Å². The Balaban J connectivity index is 1.11. The summed E-state index contributed by atoms with van der Waals surface area (Å²) < 4.78 is 4.91. The predicted octanol–water partition coefficient (Wildman–Crippen LogP) is 14.0. The van der Waals surface area contributed by atoms with Crippen molar-refractivity contribution in [3.63, 3.8) is 0 Å². The van der Waals surface area contributed by atoms with Crippen LogP contribution in [0, 0.1) is 0 Å². The van der Waals surface area contributed by atoms with Gasteiger partial charge in [0.25, 0.3) is 0 Å². The molecule has 0 radical (unpaired) electrons. The van der Waals surface area contributed by atoms with Crippen LogP contribution in [-0.4, -0.2) is 9.38 Å². The summed E-state index contributed by atoms with van der Waals surface area (Å²) in [5.74, 6) is 0. The van der Waals surface area contributed by atoms with Crippen LogP contribution < -0.4 is 0 Å². The molecule has 0 aliphatic heterocycles. The molecule has 0 N–H and O–H groups in total. The van der Waals surface area contributed by atoms with Crippen LogP contribution in [0.3, 0.4) is 0 Å². The quantitative estimate of drug-likeness (QED) is 0.167. The number of benzene rings is 9. The van der Waals surface area contributed by atoms with Gasteiger partial charge in [-0.25, -0.2) is 4.98 Å². The van der Waals surface area contributed by atoms with Crippen molar-refractivity contribution in [2.75, 3.05) is 0 Å². The molecular formula is C49H28N2S. The van der Waals surface area contributed by atoms with E-state index in [0.717, 1.165) is 22.4 Å². The largest absolute Gasteiger partial charge is 0.291 e. The lowest BCUT2D eigenvalue weighted by atomic mass is 9.92. The van der Waals surface area contributed by atoms with E-state index >= 15 is 0 Å². The smallest absolute Gasteiger partial charge is 0.156 e. The first kappa shape index (κ1) is 28.2. The lowest BCUT2D eigenvalue weighted by Crippen LogP contribution is -1.93. The van der Waals surface area contributed by atoms with Gasteiger partial charge in [-0.05, 0) is 89.4 Å². The van der Waals surface area contributed by atoms with Crippen LogP contribution in [0.5, 0.6) is 0 Å². The lowest BCUT2D eigenvalue weighted by Gasteiger charge is -2.13. The molecule has 52 heavy (non-hydrogen) atoms. The average molecular weight is 677 g/mol. The second-order valence-electron chi connectivity index (χ2n) is 13.9. The molecule has 0 bridgehead atoms. The molecule has 12 rings (SSSR count). The van der Waals surface area contributed by atoms with Crippen molar-refractivity contribution in [3.05, 3.63) is 170 Å². The minimum atomic E-state index is 1.02. The van der Waals surface area contributed by atoms with Gasteiger partial charge in [0.1, 0.15) is 0 Å². The third-order valence-corrected chi connectivity index (χ3v) is 12.3. The van der Waals surface area contributed by atoms with Gasteiger partial charge in [-0.15, -0.1) is 11.3 Å². The van der Waals surface area contributed by atoms with Gasteiger partial charge < -0.3 is 0 Å². The Hall–Kier alpha value is -6.55. The highest BCUT2D eigenvalue weighted by atomic mass is 32.1. The monoisotopic (exact) mass is 676 g/mol. The number of hydrogen-bond acceptors (Lipinski definition) is 2. The number of pyridine rings is 1. The van der Waals surface area contributed by atoms with Gasteiger partial charge in [0, 0.05) is 20.9 Å². The summed E-state index contributed by atoms with van der Waals surface area (Å²) in [6.07, 6.45) is 0. The molecule has 0 saturated carbocycles. The number of hydrogen-bond donors (Lipinski definition) is 0. The normalized spacial score (nSPS) is 12.2. The molecular weight excluding hydrogens is 649 g/mol. The third kappa shape index (κ3) is 3.86. The van der Waals surface area contributed by atoms with Crippen molar-refractivity contribution in [1.29, 1.82) is 0 Å². The number of thiophene rings is 1. The van der Waals surface area contributed by atoms with Crippen molar-refractivity contribution in [2.45, 2.75) is 0 Å². The second kappa shape index (κ2) is 10.5. The molecule has 0 fully saturated rings. The van der Waals surface area contributed by atoms with E-state index in [2.05, 4.69) is 174 Å². The first-order valence-corrected chi connectivity index (χ1v) is 18.6. The fourth-order valence-corrected chi connectivity index (χ4v) is 9.92. The molecule has 240 valence electrons. The standard InChI is InChI=1S/C49H28N2S/c1-3-11-34-30(9-1)23-26-45-46(34)42-28-44(51-43-25-22-31-10-2-4-12-35(31)47(43)50-49(51)48(42)52-45)32-19-17-29(18-20-32)33-21-24-40-38-15-6-5-13-36(38)37-14-7-8-16-39(37)41(40)27-33/h1-28H. The van der Waals surface area contributed by atoms with E-state index in [9.17, 15) is 0 Å². The number of aromatic nitrogens is 2. The van der Waals surface area contributed by atoms with E-state index in [1.165, 1.54) is 90.7 Å². The summed E-state index contributed by atoms with van der Waals surface area (Å²) in [4.78, 5) is 5.45. The molecule has 0 unspecified atom stereocenters. The van der Waals surface area contributed by atoms with E-state index in [4.69, 9.17) is 4.98 Å². The summed E-state index contributed by atoms with van der Waals surface area (Å²) in [5, 5.41) is 15.3. The highest BCUT2D eigenvalue weighted by molar-refractivity contribution is 7.26. The maximum Gasteiger partial charge on any atom is 0.156 e. The van der Waals surface area contributed by atoms with Crippen LogP contribution in [0.25, 0.3) is 113 Å². The van der Waals surface area contributed by atoms with Crippen LogP contribution >= 0.6 is 11.3 Å². The topological polar surface area (TPSA) is 17.3 Å². The van der Waals surface area contributed by atoms with E-state index in [1.807, 2.05) is 11.3 Å². The predicted molar refractivity (Wildman–Crippen MR) is 224 cm³/mol. The summed E-state index contributed by atoms with van der Waals surface area (Å²) >= 11 is 1.85. The molecule has 0 saturated heterocycles. The SMILES string of the molecule is c1ccc2c(c1)ccc1c2nc2c3sc4ccc5ccccc5c4c3cc(-c3ccc(-c4ccc5c6ccccc6c6ccccc6c5c4)cc3)n12. The third-order valence-electron chi connectivity index (χ3n) is 11.1. The van der Waals surface area contributed by atoms with Gasteiger partial charge in [0.15, 0.2) is 5.65 Å². The second-order valence-corrected chi connectivity index (χ2v) is 14.9. The Bertz CT molecular complexity index is 3420. The molecule has 0 amide bonds. The Morgan fingerprint density at radius 2 is 0.962 bits per heavy atom. The van der Waals surface area contributed by atoms with Gasteiger partial charge in [0.05, 0.1) is 21.4 Å². The maximum atomic E-state index is 5.45. The maximum absolute atomic E-state index is 5.45. The highest BCUT2D eigenvalue weighted by Gasteiger charge is 2.20. The van der Waals surface area contributed by atoms with Gasteiger partial charge in [-0.3, -0.25) is 4.40 Å². The Kier molecular flexibility index (Phi) is 5.68. The Labute approximate surface area is 302 Å². The van der Waals surface area contributed by atoms with Gasteiger partial charge >= 0.3 is 0 Å².